The van der Waals surface area contributed by atoms with Crippen LogP contribution in [0.15, 0.2) is 29.6 Å². The number of benzene rings is 1. The number of hydrogen-bond acceptors (Lipinski definition) is 5. The van der Waals surface area contributed by atoms with E-state index in [1.165, 1.54) is 61.7 Å². The minimum atomic E-state index is 0.759. The van der Waals surface area contributed by atoms with Gasteiger partial charge in [-0.2, -0.15) is 0 Å². The summed E-state index contributed by atoms with van der Waals surface area (Å²) in [5, 5.41) is 4.21. The number of halogens is 1. The third kappa shape index (κ3) is 5.55. The molecule has 2 aliphatic heterocycles. The SMILES string of the molecule is CN1CCCCC1CN1CCN(Cc2csc(Cc3ccc(Cl)cc3)n2)CC1. The van der Waals surface area contributed by atoms with E-state index in [9.17, 15) is 0 Å². The lowest BCUT2D eigenvalue weighted by atomic mass is 10.0. The Hall–Kier alpha value is -0.980. The van der Waals surface area contributed by atoms with Gasteiger partial charge in [0.1, 0.15) is 0 Å². The van der Waals surface area contributed by atoms with Crippen LogP contribution in [-0.4, -0.2) is 72.0 Å². The summed E-state index contributed by atoms with van der Waals surface area (Å²) < 4.78 is 0. The molecule has 4 nitrogen and oxygen atoms in total. The molecule has 4 rings (SSSR count). The molecule has 1 unspecified atom stereocenters. The first-order chi connectivity index (χ1) is 13.7. The Morgan fingerprint density at radius 1 is 1.04 bits per heavy atom. The summed E-state index contributed by atoms with van der Waals surface area (Å²) in [6.07, 6.45) is 5.03. The molecular weight excluding hydrogens is 388 g/mol. The number of rotatable bonds is 6. The van der Waals surface area contributed by atoms with Crippen molar-refractivity contribution in [3.8, 4) is 0 Å². The number of hydrogen-bond donors (Lipinski definition) is 0. The zero-order valence-electron chi connectivity index (χ0n) is 16.8. The fourth-order valence-electron chi connectivity index (χ4n) is 4.31. The molecule has 0 amide bonds. The standard InChI is InChI=1S/C22H31ClN4S/c1-25-9-3-2-4-21(25)16-27-12-10-26(11-13-27)15-20-17-28-22(24-20)14-18-5-7-19(23)8-6-18/h5-8,17,21H,2-4,9-16H2,1H3. The molecule has 0 bridgehead atoms. The second kappa shape index (κ2) is 9.68. The maximum absolute atomic E-state index is 5.97. The molecule has 2 aliphatic rings. The van der Waals surface area contributed by atoms with Crippen LogP contribution in [0.5, 0.6) is 0 Å². The Bertz CT molecular complexity index is 739. The number of piperidine rings is 1. The quantitative estimate of drug-likeness (QED) is 0.707. The monoisotopic (exact) mass is 418 g/mol. The van der Waals surface area contributed by atoms with E-state index >= 15 is 0 Å². The summed E-state index contributed by atoms with van der Waals surface area (Å²) in [7, 11) is 2.30. The Kier molecular flexibility index (Phi) is 7.02. The summed E-state index contributed by atoms with van der Waals surface area (Å²) in [6, 6.07) is 8.85. The molecule has 1 aromatic heterocycles. The van der Waals surface area contributed by atoms with Crippen molar-refractivity contribution in [1.29, 1.82) is 0 Å². The molecule has 0 spiro atoms. The van der Waals surface area contributed by atoms with E-state index in [1.54, 1.807) is 11.3 Å². The molecule has 0 radical (unpaired) electrons. The number of likely N-dealkylation sites (N-methyl/N-ethyl adjacent to an activating group) is 1. The predicted octanol–water partition coefficient (Wildman–Crippen LogP) is 3.99. The highest BCUT2D eigenvalue weighted by Crippen LogP contribution is 2.19. The van der Waals surface area contributed by atoms with Gasteiger partial charge in [0.25, 0.3) is 0 Å². The molecule has 0 N–H and O–H groups in total. The predicted molar refractivity (Wildman–Crippen MR) is 118 cm³/mol. The minimum Gasteiger partial charge on any atom is -0.302 e. The van der Waals surface area contributed by atoms with Crippen molar-refractivity contribution in [2.45, 2.75) is 38.3 Å². The van der Waals surface area contributed by atoms with Crippen LogP contribution in [0.3, 0.4) is 0 Å². The fourth-order valence-corrected chi connectivity index (χ4v) is 5.26. The highest BCUT2D eigenvalue weighted by atomic mass is 35.5. The average molecular weight is 419 g/mol. The molecular formula is C22H31ClN4S. The van der Waals surface area contributed by atoms with Crippen LogP contribution in [0.25, 0.3) is 0 Å². The highest BCUT2D eigenvalue weighted by molar-refractivity contribution is 7.09. The topological polar surface area (TPSA) is 22.6 Å². The van der Waals surface area contributed by atoms with E-state index < -0.39 is 0 Å². The fraction of sp³-hybridized carbons (Fsp3) is 0.591. The van der Waals surface area contributed by atoms with Crippen molar-refractivity contribution in [2.24, 2.45) is 0 Å². The van der Waals surface area contributed by atoms with E-state index in [1.807, 2.05) is 12.1 Å². The summed E-state index contributed by atoms with van der Waals surface area (Å²) >= 11 is 7.75. The van der Waals surface area contributed by atoms with Crippen LogP contribution in [-0.2, 0) is 13.0 Å². The van der Waals surface area contributed by atoms with Crippen molar-refractivity contribution in [1.82, 2.24) is 19.7 Å². The van der Waals surface area contributed by atoms with E-state index in [2.05, 4.69) is 39.3 Å². The van der Waals surface area contributed by atoms with Crippen molar-refractivity contribution in [2.75, 3.05) is 46.3 Å². The van der Waals surface area contributed by atoms with Gasteiger partial charge in [-0.25, -0.2) is 4.98 Å². The van der Waals surface area contributed by atoms with Crippen LogP contribution < -0.4 is 0 Å². The highest BCUT2D eigenvalue weighted by Gasteiger charge is 2.24. The average Bonchev–Trinajstić information content (AvgIpc) is 3.14. The van der Waals surface area contributed by atoms with Gasteiger partial charge in [0, 0.05) is 62.1 Å². The first kappa shape index (κ1) is 20.3. The second-order valence-corrected chi connectivity index (χ2v) is 9.62. The molecule has 1 atom stereocenters. The van der Waals surface area contributed by atoms with Gasteiger partial charge in [-0.3, -0.25) is 9.80 Å². The largest absolute Gasteiger partial charge is 0.302 e. The van der Waals surface area contributed by atoms with E-state index in [-0.39, 0.29) is 0 Å². The van der Waals surface area contributed by atoms with Gasteiger partial charge in [-0.1, -0.05) is 30.2 Å². The Morgan fingerprint density at radius 3 is 2.54 bits per heavy atom. The van der Waals surface area contributed by atoms with Crippen molar-refractivity contribution >= 4 is 22.9 Å². The Morgan fingerprint density at radius 2 is 1.79 bits per heavy atom. The first-order valence-electron chi connectivity index (χ1n) is 10.5. The first-order valence-corrected chi connectivity index (χ1v) is 11.7. The molecule has 28 heavy (non-hydrogen) atoms. The molecule has 0 aliphatic carbocycles. The second-order valence-electron chi connectivity index (χ2n) is 8.24. The van der Waals surface area contributed by atoms with Gasteiger partial charge < -0.3 is 4.90 Å². The smallest absolute Gasteiger partial charge is 0.0972 e. The third-order valence-electron chi connectivity index (χ3n) is 6.11. The summed E-state index contributed by atoms with van der Waals surface area (Å²) in [6.45, 7) is 8.17. The summed E-state index contributed by atoms with van der Waals surface area (Å²) in [4.78, 5) is 12.7. The molecule has 1 aromatic carbocycles. The molecule has 152 valence electrons. The minimum absolute atomic E-state index is 0.759. The molecule has 2 saturated heterocycles. The van der Waals surface area contributed by atoms with Crippen LogP contribution in [0.1, 0.15) is 35.5 Å². The molecule has 2 fully saturated rings. The number of aromatic nitrogens is 1. The van der Waals surface area contributed by atoms with Crippen molar-refractivity contribution < 1.29 is 0 Å². The number of likely N-dealkylation sites (tertiary alicyclic amines) is 1. The van der Waals surface area contributed by atoms with Crippen molar-refractivity contribution in [3.63, 3.8) is 0 Å². The van der Waals surface area contributed by atoms with E-state index in [0.717, 1.165) is 37.1 Å². The van der Waals surface area contributed by atoms with Crippen molar-refractivity contribution in [3.05, 3.63) is 50.9 Å². The van der Waals surface area contributed by atoms with Crippen LogP contribution in [0, 0.1) is 0 Å². The van der Waals surface area contributed by atoms with Gasteiger partial charge in [0.05, 0.1) is 10.7 Å². The zero-order valence-corrected chi connectivity index (χ0v) is 18.4. The lowest BCUT2D eigenvalue weighted by Crippen LogP contribution is -2.51. The number of nitrogens with zero attached hydrogens (tertiary/aromatic N) is 4. The van der Waals surface area contributed by atoms with Crippen LogP contribution >= 0.6 is 22.9 Å². The molecule has 3 heterocycles. The van der Waals surface area contributed by atoms with Gasteiger partial charge in [0.2, 0.25) is 0 Å². The maximum atomic E-state index is 5.97. The van der Waals surface area contributed by atoms with E-state index in [0.29, 0.717) is 0 Å². The molecule has 6 heteroatoms. The third-order valence-corrected chi connectivity index (χ3v) is 7.26. The van der Waals surface area contributed by atoms with Gasteiger partial charge in [0.15, 0.2) is 0 Å². The lowest BCUT2D eigenvalue weighted by Gasteiger charge is -2.40. The zero-order chi connectivity index (χ0) is 19.3. The number of thiazole rings is 1. The number of piperazine rings is 1. The van der Waals surface area contributed by atoms with Crippen LogP contribution in [0.4, 0.5) is 0 Å². The molecule has 2 aromatic rings. The Balaban J connectivity index is 1.22. The van der Waals surface area contributed by atoms with Gasteiger partial charge in [-0.15, -0.1) is 11.3 Å². The molecule has 0 saturated carbocycles. The van der Waals surface area contributed by atoms with Crippen LogP contribution in [0.2, 0.25) is 5.02 Å². The maximum Gasteiger partial charge on any atom is 0.0972 e. The normalized spacial score (nSPS) is 22.6. The Labute approximate surface area is 178 Å². The van der Waals surface area contributed by atoms with E-state index in [4.69, 9.17) is 16.6 Å². The van der Waals surface area contributed by atoms with Gasteiger partial charge in [-0.05, 0) is 44.1 Å². The summed E-state index contributed by atoms with van der Waals surface area (Å²) in [5.74, 6) is 0. The van der Waals surface area contributed by atoms with Gasteiger partial charge >= 0.3 is 0 Å². The lowest BCUT2D eigenvalue weighted by molar-refractivity contribution is 0.0814. The summed E-state index contributed by atoms with van der Waals surface area (Å²) in [5.41, 5.74) is 2.49.